The summed E-state index contributed by atoms with van der Waals surface area (Å²) in [7, 11) is 0. The molecule has 0 N–H and O–H groups in total. The Morgan fingerprint density at radius 1 is 1.62 bits per heavy atom. The number of nitrogens with zero attached hydrogens (tertiary/aromatic N) is 3. The summed E-state index contributed by atoms with van der Waals surface area (Å²) in [6, 6.07) is 0. The molecule has 13 heavy (non-hydrogen) atoms. The monoisotopic (exact) mass is 195 g/mol. The zero-order chi connectivity index (χ0) is 9.26. The number of ketones is 1. The minimum absolute atomic E-state index is 0.0167. The van der Waals surface area contributed by atoms with Gasteiger partial charge in [-0.15, -0.1) is 11.3 Å². The van der Waals surface area contributed by atoms with E-state index in [9.17, 15) is 4.79 Å². The normalized spacial score (nSPS) is 10.2. The van der Waals surface area contributed by atoms with Gasteiger partial charge >= 0.3 is 0 Å². The van der Waals surface area contributed by atoms with Crippen molar-refractivity contribution in [3.8, 4) is 11.5 Å². The Kier molecular flexibility index (Phi) is 1.90. The maximum atomic E-state index is 10.8. The number of aromatic nitrogens is 3. The number of carbonyl (C=O) groups is 1. The molecule has 0 amide bonds. The molecule has 0 unspecified atom stereocenters. The van der Waals surface area contributed by atoms with Gasteiger partial charge in [0.05, 0.1) is 5.51 Å². The topological polar surface area (TPSA) is 68.9 Å². The lowest BCUT2D eigenvalue weighted by Crippen LogP contribution is -1.91. The first-order valence-electron chi connectivity index (χ1n) is 3.50. The van der Waals surface area contributed by atoms with E-state index in [0.29, 0.717) is 11.5 Å². The van der Waals surface area contributed by atoms with Crippen LogP contribution < -0.4 is 0 Å². The number of hydrogen-bond acceptors (Lipinski definition) is 6. The van der Waals surface area contributed by atoms with E-state index in [1.807, 2.05) is 0 Å². The van der Waals surface area contributed by atoms with E-state index in [4.69, 9.17) is 4.52 Å². The Hall–Kier alpha value is -1.56. The lowest BCUT2D eigenvalue weighted by atomic mass is 10.4. The van der Waals surface area contributed by atoms with Crippen LogP contribution in [0.5, 0.6) is 0 Å². The van der Waals surface area contributed by atoms with Crippen molar-refractivity contribution in [1.82, 2.24) is 15.1 Å². The molecule has 0 bridgehead atoms. The number of Topliss-reactive ketones (excluding diaryl/α,β-unsaturated/α-hetero) is 1. The highest BCUT2D eigenvalue weighted by Gasteiger charge is 2.12. The van der Waals surface area contributed by atoms with E-state index in [1.54, 1.807) is 10.9 Å². The number of thiazole rings is 1. The van der Waals surface area contributed by atoms with Crippen LogP contribution in [0.2, 0.25) is 0 Å². The Morgan fingerprint density at radius 3 is 3.00 bits per heavy atom. The van der Waals surface area contributed by atoms with Crippen LogP contribution in [0.1, 0.15) is 17.6 Å². The molecule has 0 saturated carbocycles. The standard InChI is InChI=1S/C7H5N3O2S/c1-4(11)7-9-6(10-12-7)5-2-13-3-8-5/h2-3H,1H3. The van der Waals surface area contributed by atoms with Gasteiger partial charge in [-0.05, 0) is 0 Å². The van der Waals surface area contributed by atoms with E-state index in [0.717, 1.165) is 0 Å². The predicted octanol–water partition coefficient (Wildman–Crippen LogP) is 1.40. The molecule has 0 radical (unpaired) electrons. The quantitative estimate of drug-likeness (QED) is 0.677. The van der Waals surface area contributed by atoms with Crippen LogP contribution in [-0.4, -0.2) is 20.9 Å². The van der Waals surface area contributed by atoms with Gasteiger partial charge in [-0.2, -0.15) is 4.98 Å². The molecule has 2 heterocycles. The van der Waals surface area contributed by atoms with Gasteiger partial charge in [0.15, 0.2) is 0 Å². The largest absolute Gasteiger partial charge is 0.330 e. The summed E-state index contributed by atoms with van der Waals surface area (Å²) in [5.74, 6) is 0.128. The average Bonchev–Trinajstić information content (AvgIpc) is 2.75. The van der Waals surface area contributed by atoms with Crippen LogP contribution in [-0.2, 0) is 0 Å². The van der Waals surface area contributed by atoms with Crippen molar-refractivity contribution in [1.29, 1.82) is 0 Å². The van der Waals surface area contributed by atoms with Crippen LogP contribution in [0.3, 0.4) is 0 Å². The molecule has 0 fully saturated rings. The molecule has 0 aromatic carbocycles. The van der Waals surface area contributed by atoms with Gasteiger partial charge in [-0.1, -0.05) is 5.16 Å². The van der Waals surface area contributed by atoms with Crippen LogP contribution in [0.25, 0.3) is 11.5 Å². The predicted molar refractivity (Wildman–Crippen MR) is 45.4 cm³/mol. The minimum Gasteiger partial charge on any atom is -0.330 e. The fourth-order valence-electron chi connectivity index (χ4n) is 0.793. The van der Waals surface area contributed by atoms with E-state index in [-0.39, 0.29) is 11.7 Å². The van der Waals surface area contributed by atoms with Gasteiger partial charge in [-0.25, -0.2) is 4.98 Å². The molecule has 5 nitrogen and oxygen atoms in total. The van der Waals surface area contributed by atoms with Crippen LogP contribution in [0, 0.1) is 0 Å². The Labute approximate surface area is 77.4 Å². The summed E-state index contributed by atoms with van der Waals surface area (Å²) in [6.45, 7) is 1.37. The Bertz CT molecular complexity index is 421. The van der Waals surface area contributed by atoms with Gasteiger partial charge < -0.3 is 4.52 Å². The molecule has 66 valence electrons. The summed E-state index contributed by atoms with van der Waals surface area (Å²) < 4.78 is 4.70. The zero-order valence-electron chi connectivity index (χ0n) is 6.72. The smallest absolute Gasteiger partial charge is 0.294 e. The van der Waals surface area contributed by atoms with E-state index in [2.05, 4.69) is 15.1 Å². The number of carbonyl (C=O) groups excluding carboxylic acids is 1. The second-order valence-electron chi connectivity index (χ2n) is 2.35. The van der Waals surface area contributed by atoms with Crippen molar-refractivity contribution in [2.45, 2.75) is 6.92 Å². The highest BCUT2D eigenvalue weighted by atomic mass is 32.1. The highest BCUT2D eigenvalue weighted by molar-refractivity contribution is 7.07. The average molecular weight is 195 g/mol. The maximum Gasteiger partial charge on any atom is 0.294 e. The van der Waals surface area contributed by atoms with Crippen molar-refractivity contribution in [3.63, 3.8) is 0 Å². The van der Waals surface area contributed by atoms with E-state index in [1.165, 1.54) is 18.3 Å². The summed E-state index contributed by atoms with van der Waals surface area (Å²) in [5, 5.41) is 5.40. The first-order valence-corrected chi connectivity index (χ1v) is 4.45. The zero-order valence-corrected chi connectivity index (χ0v) is 7.54. The minimum atomic E-state index is -0.242. The molecule has 0 aliphatic carbocycles. The third kappa shape index (κ3) is 1.48. The number of hydrogen-bond donors (Lipinski definition) is 0. The first kappa shape index (κ1) is 8.06. The molecule has 0 saturated heterocycles. The van der Waals surface area contributed by atoms with Crippen molar-refractivity contribution in [3.05, 3.63) is 16.8 Å². The molecular formula is C7H5N3O2S. The summed E-state index contributed by atoms with van der Waals surface area (Å²) in [5.41, 5.74) is 2.29. The third-order valence-corrected chi connectivity index (χ3v) is 1.98. The fraction of sp³-hybridized carbons (Fsp3) is 0.143. The number of rotatable bonds is 2. The molecule has 2 rings (SSSR count). The summed E-state index contributed by atoms with van der Waals surface area (Å²) >= 11 is 1.43. The van der Waals surface area contributed by atoms with Crippen LogP contribution in [0.15, 0.2) is 15.4 Å². The Morgan fingerprint density at radius 2 is 2.46 bits per heavy atom. The first-order chi connectivity index (χ1) is 6.27. The lowest BCUT2D eigenvalue weighted by Gasteiger charge is -1.80. The molecular weight excluding hydrogens is 190 g/mol. The molecule has 0 aliphatic rings. The third-order valence-electron chi connectivity index (χ3n) is 1.39. The second kappa shape index (κ2) is 3.06. The maximum absolute atomic E-state index is 10.8. The van der Waals surface area contributed by atoms with Gasteiger partial charge in [0.1, 0.15) is 5.69 Å². The van der Waals surface area contributed by atoms with Gasteiger partial charge in [0, 0.05) is 12.3 Å². The molecule has 0 aliphatic heterocycles. The summed E-state index contributed by atoms with van der Waals surface area (Å²) in [6.07, 6.45) is 0. The second-order valence-corrected chi connectivity index (χ2v) is 3.07. The van der Waals surface area contributed by atoms with Gasteiger partial charge in [-0.3, -0.25) is 4.79 Å². The summed E-state index contributed by atoms with van der Waals surface area (Å²) in [4.78, 5) is 18.7. The highest BCUT2D eigenvalue weighted by Crippen LogP contribution is 2.14. The Balaban J connectivity index is 2.39. The van der Waals surface area contributed by atoms with Crippen molar-refractivity contribution >= 4 is 17.1 Å². The van der Waals surface area contributed by atoms with E-state index >= 15 is 0 Å². The van der Waals surface area contributed by atoms with Crippen molar-refractivity contribution in [2.75, 3.05) is 0 Å². The van der Waals surface area contributed by atoms with E-state index < -0.39 is 0 Å². The lowest BCUT2D eigenvalue weighted by molar-refractivity contribution is 0.0972. The van der Waals surface area contributed by atoms with Crippen molar-refractivity contribution < 1.29 is 9.32 Å². The molecule has 0 spiro atoms. The molecule has 2 aromatic heterocycles. The van der Waals surface area contributed by atoms with Crippen LogP contribution in [0.4, 0.5) is 0 Å². The molecule has 0 atom stereocenters. The SMILES string of the molecule is CC(=O)c1nc(-c2cscn2)no1. The van der Waals surface area contributed by atoms with Gasteiger partial charge in [0.2, 0.25) is 11.6 Å². The molecule has 6 heteroatoms. The van der Waals surface area contributed by atoms with Gasteiger partial charge in [0.25, 0.3) is 5.89 Å². The molecule has 2 aromatic rings. The van der Waals surface area contributed by atoms with Crippen LogP contribution >= 0.6 is 11.3 Å². The van der Waals surface area contributed by atoms with Crippen molar-refractivity contribution in [2.24, 2.45) is 0 Å². The fourth-order valence-corrected chi connectivity index (χ4v) is 1.32.